The molecule has 0 fully saturated rings. The minimum atomic E-state index is -1.04. The molecule has 0 aromatic heterocycles. The highest BCUT2D eigenvalue weighted by Gasteiger charge is 2.06. The number of hydrogen-bond donors (Lipinski definition) is 2. The van der Waals surface area contributed by atoms with Gasteiger partial charge in [0.05, 0.1) is 0 Å². The minimum absolute atomic E-state index is 0.0699. The third kappa shape index (κ3) is 6.18. The van der Waals surface area contributed by atoms with E-state index in [0.29, 0.717) is 18.0 Å². The molecule has 132 valence electrons. The molecule has 0 atom stereocenters. The highest BCUT2D eigenvalue weighted by Crippen LogP contribution is 2.19. The topological polar surface area (TPSA) is 84.9 Å². The Morgan fingerprint density at radius 2 is 1.84 bits per heavy atom. The number of carbonyl (C=O) groups is 2. The molecule has 1 amide bonds. The van der Waals surface area contributed by atoms with Crippen LogP contribution in [0.15, 0.2) is 42.5 Å². The van der Waals surface area contributed by atoms with Gasteiger partial charge in [-0.05, 0) is 48.7 Å². The van der Waals surface area contributed by atoms with Crippen molar-refractivity contribution in [2.45, 2.75) is 20.4 Å². The van der Waals surface area contributed by atoms with Gasteiger partial charge in [-0.3, -0.25) is 4.79 Å². The zero-order chi connectivity index (χ0) is 18.2. The highest BCUT2D eigenvalue weighted by molar-refractivity contribution is 5.77. The van der Waals surface area contributed by atoms with Crippen molar-refractivity contribution in [2.24, 2.45) is 0 Å². The Morgan fingerprint density at radius 1 is 1.04 bits per heavy atom. The molecule has 0 saturated heterocycles. The van der Waals surface area contributed by atoms with Crippen LogP contribution in [0, 0.1) is 13.8 Å². The number of rotatable bonds is 8. The second-order valence-corrected chi connectivity index (χ2v) is 5.66. The summed E-state index contributed by atoms with van der Waals surface area (Å²) in [5.41, 5.74) is 2.85. The van der Waals surface area contributed by atoms with E-state index < -0.39 is 12.6 Å². The first-order chi connectivity index (χ1) is 11.9. The van der Waals surface area contributed by atoms with Crippen LogP contribution in [0.4, 0.5) is 0 Å². The van der Waals surface area contributed by atoms with Crippen LogP contribution in [0.25, 0.3) is 0 Å². The zero-order valence-electron chi connectivity index (χ0n) is 14.2. The molecule has 0 unspecified atom stereocenters. The van der Waals surface area contributed by atoms with Crippen molar-refractivity contribution in [3.63, 3.8) is 0 Å². The Balaban J connectivity index is 1.82. The number of ether oxygens (including phenoxy) is 2. The molecule has 0 saturated carbocycles. The molecule has 0 radical (unpaired) electrons. The van der Waals surface area contributed by atoms with Crippen LogP contribution >= 0.6 is 0 Å². The van der Waals surface area contributed by atoms with Gasteiger partial charge in [0.2, 0.25) is 0 Å². The summed E-state index contributed by atoms with van der Waals surface area (Å²) in [6.07, 6.45) is 0. The van der Waals surface area contributed by atoms with E-state index in [9.17, 15) is 9.59 Å². The van der Waals surface area contributed by atoms with Crippen LogP contribution in [0.1, 0.15) is 16.7 Å². The van der Waals surface area contributed by atoms with Gasteiger partial charge in [0.15, 0.2) is 13.2 Å². The fourth-order valence-corrected chi connectivity index (χ4v) is 2.15. The van der Waals surface area contributed by atoms with Crippen molar-refractivity contribution in [3.05, 3.63) is 59.2 Å². The summed E-state index contributed by atoms with van der Waals surface area (Å²) >= 11 is 0. The maximum absolute atomic E-state index is 11.9. The molecule has 6 heteroatoms. The average Bonchev–Trinajstić information content (AvgIpc) is 2.59. The number of carboxylic acid groups (broad SMARTS) is 1. The number of amides is 1. The second kappa shape index (κ2) is 8.73. The molecule has 2 aromatic carbocycles. The fraction of sp³-hybridized carbons (Fsp3) is 0.263. The SMILES string of the molecule is Cc1ccc(C)c(OCC(=O)NCc2cccc(OCC(=O)O)c2)c1. The molecule has 0 aliphatic heterocycles. The maximum Gasteiger partial charge on any atom is 0.341 e. The van der Waals surface area contributed by atoms with Crippen molar-refractivity contribution < 1.29 is 24.2 Å². The Hall–Kier alpha value is -3.02. The normalized spacial score (nSPS) is 10.2. The van der Waals surface area contributed by atoms with Gasteiger partial charge in [-0.15, -0.1) is 0 Å². The Labute approximate surface area is 146 Å². The van der Waals surface area contributed by atoms with E-state index in [4.69, 9.17) is 14.6 Å². The standard InChI is InChI=1S/C19H21NO5/c1-13-6-7-14(2)17(8-13)25-11-18(21)20-10-15-4-3-5-16(9-15)24-12-19(22)23/h3-9H,10-12H2,1-2H3,(H,20,21)(H,22,23). The Bertz CT molecular complexity index is 757. The Morgan fingerprint density at radius 3 is 2.60 bits per heavy atom. The number of carboxylic acids is 1. The lowest BCUT2D eigenvalue weighted by Gasteiger charge is -2.11. The fourth-order valence-electron chi connectivity index (χ4n) is 2.15. The number of aryl methyl sites for hydroxylation is 2. The summed E-state index contributed by atoms with van der Waals surface area (Å²) < 4.78 is 10.7. The maximum atomic E-state index is 11.9. The van der Waals surface area contributed by atoms with E-state index in [1.54, 1.807) is 18.2 Å². The molecule has 0 aliphatic rings. The quantitative estimate of drug-likeness (QED) is 0.769. The summed E-state index contributed by atoms with van der Waals surface area (Å²) in [4.78, 5) is 22.5. The molecule has 2 aromatic rings. The predicted octanol–water partition coefficient (Wildman–Crippen LogP) is 2.46. The molecule has 0 spiro atoms. The van der Waals surface area contributed by atoms with Gasteiger partial charge in [-0.25, -0.2) is 4.79 Å². The molecule has 6 nitrogen and oxygen atoms in total. The van der Waals surface area contributed by atoms with E-state index in [-0.39, 0.29) is 12.5 Å². The summed E-state index contributed by atoms with van der Waals surface area (Å²) in [7, 11) is 0. The lowest BCUT2D eigenvalue weighted by atomic mass is 10.1. The lowest BCUT2D eigenvalue weighted by molar-refractivity contribution is -0.139. The van der Waals surface area contributed by atoms with Gasteiger partial charge in [0.25, 0.3) is 5.91 Å². The number of hydrogen-bond acceptors (Lipinski definition) is 4. The summed E-state index contributed by atoms with van der Waals surface area (Å²) in [6, 6.07) is 12.7. The van der Waals surface area contributed by atoms with Crippen LogP contribution in [0.5, 0.6) is 11.5 Å². The molecule has 2 rings (SSSR count). The average molecular weight is 343 g/mol. The zero-order valence-corrected chi connectivity index (χ0v) is 14.2. The van der Waals surface area contributed by atoms with E-state index in [1.807, 2.05) is 38.1 Å². The molecular weight excluding hydrogens is 322 g/mol. The van der Waals surface area contributed by atoms with Gasteiger partial charge in [0.1, 0.15) is 11.5 Å². The largest absolute Gasteiger partial charge is 0.483 e. The predicted molar refractivity (Wildman–Crippen MR) is 92.8 cm³/mol. The van der Waals surface area contributed by atoms with Crippen molar-refractivity contribution in [2.75, 3.05) is 13.2 Å². The van der Waals surface area contributed by atoms with Crippen molar-refractivity contribution in [1.82, 2.24) is 5.32 Å². The summed E-state index contributed by atoms with van der Waals surface area (Å²) in [5, 5.41) is 11.4. The van der Waals surface area contributed by atoms with Crippen LogP contribution in [0.3, 0.4) is 0 Å². The van der Waals surface area contributed by atoms with E-state index >= 15 is 0 Å². The first-order valence-electron chi connectivity index (χ1n) is 7.84. The molecule has 25 heavy (non-hydrogen) atoms. The van der Waals surface area contributed by atoms with E-state index in [1.165, 1.54) is 0 Å². The van der Waals surface area contributed by atoms with E-state index in [0.717, 1.165) is 16.7 Å². The van der Waals surface area contributed by atoms with E-state index in [2.05, 4.69) is 5.32 Å². The number of carbonyl (C=O) groups excluding carboxylic acids is 1. The van der Waals surface area contributed by atoms with Crippen LogP contribution in [-0.2, 0) is 16.1 Å². The third-order valence-electron chi connectivity index (χ3n) is 3.45. The molecule has 0 bridgehead atoms. The van der Waals surface area contributed by atoms with Crippen molar-refractivity contribution >= 4 is 11.9 Å². The molecule has 2 N–H and O–H groups in total. The minimum Gasteiger partial charge on any atom is -0.483 e. The molecule has 0 aliphatic carbocycles. The van der Waals surface area contributed by atoms with Crippen molar-refractivity contribution in [3.8, 4) is 11.5 Å². The highest BCUT2D eigenvalue weighted by atomic mass is 16.5. The lowest BCUT2D eigenvalue weighted by Crippen LogP contribution is -2.28. The summed E-state index contributed by atoms with van der Waals surface area (Å²) in [5.74, 6) is -0.139. The number of benzene rings is 2. The summed E-state index contributed by atoms with van der Waals surface area (Å²) in [6.45, 7) is 3.72. The molecule has 0 heterocycles. The van der Waals surface area contributed by atoms with Gasteiger partial charge < -0.3 is 19.9 Å². The third-order valence-corrected chi connectivity index (χ3v) is 3.45. The number of nitrogens with one attached hydrogen (secondary N) is 1. The van der Waals surface area contributed by atoms with Crippen LogP contribution in [-0.4, -0.2) is 30.2 Å². The van der Waals surface area contributed by atoms with Gasteiger partial charge in [-0.1, -0.05) is 24.3 Å². The number of aliphatic carboxylic acids is 1. The first kappa shape index (κ1) is 18.3. The van der Waals surface area contributed by atoms with Crippen LogP contribution in [0.2, 0.25) is 0 Å². The first-order valence-corrected chi connectivity index (χ1v) is 7.84. The molecular formula is C19H21NO5. The van der Waals surface area contributed by atoms with Crippen LogP contribution < -0.4 is 14.8 Å². The second-order valence-electron chi connectivity index (χ2n) is 5.66. The smallest absolute Gasteiger partial charge is 0.341 e. The van der Waals surface area contributed by atoms with Gasteiger partial charge in [-0.2, -0.15) is 0 Å². The van der Waals surface area contributed by atoms with Gasteiger partial charge >= 0.3 is 5.97 Å². The monoisotopic (exact) mass is 343 g/mol. The van der Waals surface area contributed by atoms with Crippen molar-refractivity contribution in [1.29, 1.82) is 0 Å². The van der Waals surface area contributed by atoms with Gasteiger partial charge in [0, 0.05) is 6.54 Å². The Kier molecular flexibility index (Phi) is 6.39.